The highest BCUT2D eigenvalue weighted by molar-refractivity contribution is 9.10. The minimum atomic E-state index is -1.15. The molecule has 0 atom stereocenters. The number of halogens is 3. The Balaban J connectivity index is 0.000000169. The minimum absolute atomic E-state index is 0.0427. The van der Waals surface area contributed by atoms with Gasteiger partial charge in [-0.05, 0) is 81.7 Å². The lowest BCUT2D eigenvalue weighted by atomic mass is 10.0. The molecule has 0 saturated heterocycles. The van der Waals surface area contributed by atoms with Crippen molar-refractivity contribution in [1.82, 2.24) is 48.3 Å². The van der Waals surface area contributed by atoms with E-state index in [1.807, 2.05) is 13.8 Å². The van der Waals surface area contributed by atoms with Gasteiger partial charge in [0.2, 0.25) is 11.9 Å². The molecule has 0 unspecified atom stereocenters. The van der Waals surface area contributed by atoms with Crippen LogP contribution in [0.5, 0.6) is 11.5 Å². The highest BCUT2D eigenvalue weighted by Crippen LogP contribution is 2.34. The van der Waals surface area contributed by atoms with Gasteiger partial charge in [-0.25, -0.2) is 58.0 Å². The Hall–Kier alpha value is -7.95. The van der Waals surface area contributed by atoms with Crippen LogP contribution in [0.4, 0.5) is 25.5 Å². The molecule has 0 radical (unpaired) electrons. The SMILES string of the molecule is CCOC(=O)c1cn2c(N(Cc3c(F)ccc4c3CCO4)C(=O)OC(C)(C)C)ncc(Br)c2n1.Cc1cn(-c2cnc(NCc3c(F)ccc4c3CCO4)n3cc(C(=O)O)nc23)cn1.Cc1cnc[nH]1. The van der Waals surface area contributed by atoms with Crippen molar-refractivity contribution in [1.29, 1.82) is 0 Å². The van der Waals surface area contributed by atoms with E-state index in [2.05, 4.69) is 56.1 Å². The molecule has 20 nitrogen and oxygen atoms in total. The summed E-state index contributed by atoms with van der Waals surface area (Å²) in [6, 6.07) is 5.91. The van der Waals surface area contributed by atoms with E-state index in [9.17, 15) is 28.3 Å². The predicted molar refractivity (Wildman–Crippen MR) is 253 cm³/mol. The number of imidazole rings is 4. The molecule has 8 aromatic rings. The molecule has 23 heteroatoms. The molecule has 2 aliphatic heterocycles. The second-order valence-electron chi connectivity index (χ2n) is 16.8. The Morgan fingerprint density at radius 3 is 2.16 bits per heavy atom. The first-order chi connectivity index (χ1) is 33.5. The number of aryl methyl sites for hydroxylation is 2. The number of aromatic nitrogens is 10. The molecule has 0 spiro atoms. The van der Waals surface area contributed by atoms with Gasteiger partial charge in [0.05, 0.1) is 55.4 Å². The smallest absolute Gasteiger partial charge is 0.417 e. The van der Waals surface area contributed by atoms with E-state index >= 15 is 0 Å². The number of amides is 1. The van der Waals surface area contributed by atoms with Crippen molar-refractivity contribution in [3.8, 4) is 17.2 Å². The summed E-state index contributed by atoms with van der Waals surface area (Å²) in [6.07, 6.45) is 13.1. The van der Waals surface area contributed by atoms with Crippen molar-refractivity contribution in [3.63, 3.8) is 0 Å². The number of ether oxygens (including phenoxy) is 4. The molecule has 10 rings (SSSR count). The Kier molecular flexibility index (Phi) is 14.1. The zero-order valence-electron chi connectivity index (χ0n) is 38.8. The summed E-state index contributed by atoms with van der Waals surface area (Å²) in [5, 5.41) is 12.5. The number of carboxylic acids is 1. The molecule has 364 valence electrons. The Morgan fingerprint density at radius 2 is 1.56 bits per heavy atom. The van der Waals surface area contributed by atoms with Crippen LogP contribution in [0, 0.1) is 25.5 Å². The quantitative estimate of drug-likeness (QED) is 0.110. The molecule has 0 fully saturated rings. The van der Waals surface area contributed by atoms with Crippen molar-refractivity contribution in [2.45, 2.75) is 73.1 Å². The first-order valence-electron chi connectivity index (χ1n) is 21.9. The second-order valence-corrected chi connectivity index (χ2v) is 17.7. The van der Waals surface area contributed by atoms with E-state index in [1.54, 1.807) is 80.0 Å². The summed E-state index contributed by atoms with van der Waals surface area (Å²) in [7, 11) is 0. The number of carbonyl (C=O) groups is 3. The highest BCUT2D eigenvalue weighted by atomic mass is 79.9. The number of aromatic carboxylic acids is 1. The third-order valence-electron chi connectivity index (χ3n) is 10.7. The highest BCUT2D eigenvalue weighted by Gasteiger charge is 2.31. The topological polar surface area (TPSA) is 231 Å². The Bertz CT molecular complexity index is 3240. The van der Waals surface area contributed by atoms with Crippen molar-refractivity contribution >= 4 is 57.2 Å². The number of esters is 1. The fourth-order valence-electron chi connectivity index (χ4n) is 7.55. The molecule has 2 aromatic carbocycles. The lowest BCUT2D eigenvalue weighted by Gasteiger charge is -2.27. The maximum absolute atomic E-state index is 15.0. The summed E-state index contributed by atoms with van der Waals surface area (Å²) in [4.78, 5) is 66.5. The molecule has 6 aromatic heterocycles. The molecule has 0 bridgehead atoms. The van der Waals surface area contributed by atoms with E-state index < -0.39 is 29.5 Å². The number of carbonyl (C=O) groups excluding carboxylic acids is 2. The normalized spacial score (nSPS) is 12.5. The van der Waals surface area contributed by atoms with Gasteiger partial charge in [-0.2, -0.15) is 0 Å². The van der Waals surface area contributed by atoms with Crippen molar-refractivity contribution in [3.05, 3.63) is 135 Å². The number of fused-ring (bicyclic) bond motifs is 4. The van der Waals surface area contributed by atoms with Crippen LogP contribution in [0.3, 0.4) is 0 Å². The monoisotopic (exact) mass is 1020 g/mol. The van der Waals surface area contributed by atoms with Gasteiger partial charge in [-0.3, -0.25) is 8.80 Å². The van der Waals surface area contributed by atoms with Crippen molar-refractivity contribution in [2.75, 3.05) is 30.0 Å². The standard InChI is InChI=1S/C23H24BrFN4O5.C20H17FN6O3.C4H6N2/c1-5-32-20(30)17-12-28-19(27-17)15(24)10-26-21(28)29(22(31)34-23(2,3)4)11-14-13-8-9-33-18(13)7-6-16(14)25;1-11-8-26(10-24-11)16-7-23-20(27-9-15(19(28)29)25-18(16)27)22-6-13-12-4-5-30-17(12)3-2-14(13)21;1-4-2-5-3-6-4/h6-7,10,12H,5,8-9,11H2,1-4H3;2-3,7-10H,4-6H2,1H3,(H,22,23)(H,28,29);2-3H,1H3,(H,5,6). The Labute approximate surface area is 406 Å². The van der Waals surface area contributed by atoms with Crippen LogP contribution in [0.15, 0.2) is 78.6 Å². The molecule has 0 saturated carbocycles. The average molecular weight is 1030 g/mol. The van der Waals surface area contributed by atoms with E-state index in [4.69, 9.17) is 18.9 Å². The third kappa shape index (κ3) is 10.5. The number of anilines is 2. The van der Waals surface area contributed by atoms with Gasteiger partial charge in [0.1, 0.15) is 34.4 Å². The summed E-state index contributed by atoms with van der Waals surface area (Å²) in [5.41, 5.74) is 4.67. The minimum Gasteiger partial charge on any atom is -0.493 e. The molecular formula is C47H47BrF2N12O8. The molecule has 8 heterocycles. The van der Waals surface area contributed by atoms with Gasteiger partial charge < -0.3 is 38.9 Å². The molecule has 2 aliphatic rings. The fraction of sp³-hybridized carbons (Fsp3) is 0.298. The van der Waals surface area contributed by atoms with Gasteiger partial charge in [-0.15, -0.1) is 0 Å². The second kappa shape index (κ2) is 20.3. The number of hydrogen-bond donors (Lipinski definition) is 3. The first kappa shape index (κ1) is 48.5. The molecule has 0 aliphatic carbocycles. The number of nitrogens with one attached hydrogen (secondary N) is 2. The van der Waals surface area contributed by atoms with Crippen LogP contribution >= 0.6 is 15.9 Å². The maximum atomic E-state index is 15.0. The van der Waals surface area contributed by atoms with E-state index in [0.717, 1.165) is 17.0 Å². The maximum Gasteiger partial charge on any atom is 0.417 e. The van der Waals surface area contributed by atoms with Crippen LogP contribution in [-0.4, -0.2) is 96.8 Å². The average Bonchev–Trinajstić information content (AvgIpc) is 4.18. The van der Waals surface area contributed by atoms with Crippen LogP contribution in [-0.2, 0) is 35.4 Å². The number of H-pyrrole nitrogens is 1. The fourth-order valence-corrected chi connectivity index (χ4v) is 7.93. The number of aromatic amines is 1. The van der Waals surface area contributed by atoms with E-state index in [0.29, 0.717) is 81.6 Å². The first-order valence-corrected chi connectivity index (χ1v) is 22.7. The van der Waals surface area contributed by atoms with Gasteiger partial charge in [0.25, 0.3) is 0 Å². The third-order valence-corrected chi connectivity index (χ3v) is 11.3. The molecule has 1 amide bonds. The van der Waals surface area contributed by atoms with Crippen LogP contribution in [0.25, 0.3) is 17.0 Å². The number of carboxylic acid groups (broad SMARTS) is 1. The predicted octanol–water partition coefficient (Wildman–Crippen LogP) is 8.01. The van der Waals surface area contributed by atoms with Crippen molar-refractivity contribution < 1.29 is 47.2 Å². The largest absolute Gasteiger partial charge is 0.493 e. The lowest BCUT2D eigenvalue weighted by molar-refractivity contribution is 0.0518. The molecular weight excluding hydrogens is 978 g/mol. The van der Waals surface area contributed by atoms with Crippen LogP contribution < -0.4 is 19.7 Å². The van der Waals surface area contributed by atoms with Crippen LogP contribution in [0.1, 0.15) is 82.3 Å². The Morgan fingerprint density at radius 1 is 0.886 bits per heavy atom. The van der Waals surface area contributed by atoms with Crippen molar-refractivity contribution in [2.24, 2.45) is 0 Å². The number of hydrogen-bond acceptors (Lipinski definition) is 14. The van der Waals surface area contributed by atoms with E-state index in [1.165, 1.54) is 40.0 Å². The van der Waals surface area contributed by atoms with Gasteiger partial charge >= 0.3 is 18.0 Å². The number of rotatable bonds is 10. The molecule has 70 heavy (non-hydrogen) atoms. The zero-order chi connectivity index (χ0) is 49.9. The number of benzene rings is 2. The lowest BCUT2D eigenvalue weighted by Crippen LogP contribution is -2.38. The van der Waals surface area contributed by atoms with E-state index in [-0.39, 0.29) is 42.8 Å². The summed E-state index contributed by atoms with van der Waals surface area (Å²) >= 11 is 3.38. The van der Waals surface area contributed by atoms with Crippen LogP contribution in [0.2, 0.25) is 0 Å². The number of nitrogens with zero attached hydrogens (tertiary/aromatic N) is 10. The zero-order valence-corrected chi connectivity index (χ0v) is 40.4. The summed E-state index contributed by atoms with van der Waals surface area (Å²) in [5.74, 6) is -0.838. The summed E-state index contributed by atoms with van der Waals surface area (Å²) in [6.45, 7) is 11.9. The van der Waals surface area contributed by atoms with Gasteiger partial charge in [0, 0.05) is 78.3 Å². The van der Waals surface area contributed by atoms with Gasteiger partial charge in [0.15, 0.2) is 22.7 Å². The molecule has 3 N–H and O–H groups in total. The van der Waals surface area contributed by atoms with Gasteiger partial charge in [-0.1, -0.05) is 0 Å². The summed E-state index contributed by atoms with van der Waals surface area (Å²) < 4.78 is 56.4.